The molecule has 20 heteroatoms. The average Bonchev–Trinajstić information content (AvgIpc) is 3.25. The Kier molecular flexibility index (Phi) is 30.0. The molecule has 0 bridgehead atoms. The van der Waals surface area contributed by atoms with Crippen molar-refractivity contribution < 1.29 is 57.8 Å². The van der Waals surface area contributed by atoms with Gasteiger partial charge < -0.3 is 52.8 Å². The van der Waals surface area contributed by atoms with Gasteiger partial charge in [-0.2, -0.15) is 0 Å². The standard InChI is InChI=1S/C52H92N8O12/c1-29(2)20-18-16-14-13-15-17-19-21-35-27-42(62)54-36(22-23-41(53)61)46(65)55-37(24-30(3)4)47(66)56-38(25-31(5)6)49(68)59-44(33(9)10)51(70)58-40(28-43(63)64)48(67)57-39(26-32(7)8)50(69)60-45(34(11)12)52(71)72-35/h29-40,44-45H,13-28H2,1-12H3,(H2,53,61)(H,54,62)(H,55,65)(H,56,66)(H,57,67)(H,58,70)(H,59,68)(H,60,69)(H,63,64). The summed E-state index contributed by atoms with van der Waals surface area (Å²) in [5.74, 6) is -9.85. The normalized spacial score (nSPS) is 24.2. The van der Waals surface area contributed by atoms with E-state index in [1.54, 1.807) is 41.5 Å². The fourth-order valence-electron chi connectivity index (χ4n) is 8.38. The molecular weight excluding hydrogens is 929 g/mol. The van der Waals surface area contributed by atoms with Gasteiger partial charge in [-0.3, -0.25) is 43.2 Å². The highest BCUT2D eigenvalue weighted by molar-refractivity contribution is 5.98. The molecule has 1 aliphatic rings. The van der Waals surface area contributed by atoms with Crippen LogP contribution in [0.2, 0.25) is 0 Å². The zero-order chi connectivity index (χ0) is 54.8. The highest BCUT2D eigenvalue weighted by Gasteiger charge is 2.37. The molecule has 1 aliphatic heterocycles. The number of aliphatic carboxylic acids is 1. The van der Waals surface area contributed by atoms with Gasteiger partial charge in [-0.05, 0) is 74.0 Å². The molecule has 0 aromatic carbocycles. The third-order valence-electron chi connectivity index (χ3n) is 12.3. The maximum atomic E-state index is 14.1. The molecule has 8 unspecified atom stereocenters. The molecule has 1 heterocycles. The van der Waals surface area contributed by atoms with Gasteiger partial charge in [0.05, 0.1) is 12.8 Å². The van der Waals surface area contributed by atoms with E-state index >= 15 is 0 Å². The predicted molar refractivity (Wildman–Crippen MR) is 273 cm³/mol. The summed E-state index contributed by atoms with van der Waals surface area (Å²) >= 11 is 0. The molecule has 1 saturated heterocycles. The van der Waals surface area contributed by atoms with Gasteiger partial charge in [-0.15, -0.1) is 0 Å². The molecule has 8 atom stereocenters. The molecule has 72 heavy (non-hydrogen) atoms. The molecule has 8 amide bonds. The number of nitrogens with two attached hydrogens (primary N) is 1. The number of primary amides is 1. The number of unbranched alkanes of at least 4 members (excludes halogenated alkanes) is 6. The minimum atomic E-state index is -1.72. The van der Waals surface area contributed by atoms with E-state index < -0.39 is 132 Å². The minimum Gasteiger partial charge on any atom is -0.481 e. The first kappa shape index (κ1) is 64.7. The summed E-state index contributed by atoms with van der Waals surface area (Å²) in [5, 5.41) is 28.3. The first-order chi connectivity index (χ1) is 33.6. The number of nitrogens with one attached hydrogen (secondary N) is 7. The van der Waals surface area contributed by atoms with E-state index in [-0.39, 0.29) is 56.3 Å². The average molecular weight is 1020 g/mol. The van der Waals surface area contributed by atoms with Gasteiger partial charge >= 0.3 is 11.9 Å². The summed E-state index contributed by atoms with van der Waals surface area (Å²) in [6.07, 6.45) is 5.46. The molecule has 0 aliphatic carbocycles. The summed E-state index contributed by atoms with van der Waals surface area (Å²) in [5.41, 5.74) is 5.48. The van der Waals surface area contributed by atoms with Crippen molar-refractivity contribution in [3.05, 3.63) is 0 Å². The topological polar surface area (TPSA) is 310 Å². The van der Waals surface area contributed by atoms with Crippen LogP contribution in [-0.4, -0.2) is 113 Å². The molecule has 0 radical (unpaired) electrons. The highest BCUT2D eigenvalue weighted by atomic mass is 16.5. The number of carboxylic acid groups (broad SMARTS) is 1. The number of hydrogen-bond acceptors (Lipinski definition) is 11. The lowest BCUT2D eigenvalue weighted by Crippen LogP contribution is -2.61. The molecule has 0 aromatic rings. The van der Waals surface area contributed by atoms with Crippen molar-refractivity contribution in [2.24, 2.45) is 41.2 Å². The van der Waals surface area contributed by atoms with Crippen LogP contribution in [0.1, 0.15) is 186 Å². The monoisotopic (exact) mass is 1020 g/mol. The lowest BCUT2D eigenvalue weighted by Gasteiger charge is -2.29. The van der Waals surface area contributed by atoms with Crippen molar-refractivity contribution >= 4 is 59.2 Å². The number of amides is 8. The van der Waals surface area contributed by atoms with Gasteiger partial charge in [0, 0.05) is 6.42 Å². The molecule has 0 saturated carbocycles. The van der Waals surface area contributed by atoms with Crippen LogP contribution in [0.5, 0.6) is 0 Å². The van der Waals surface area contributed by atoms with E-state index in [2.05, 4.69) is 51.1 Å². The Bertz CT molecular complexity index is 1790. The summed E-state index contributed by atoms with van der Waals surface area (Å²) in [4.78, 5) is 137. The Labute approximate surface area is 428 Å². The fraction of sp³-hybridized carbons (Fsp3) is 0.808. The first-order valence-electron chi connectivity index (χ1n) is 26.4. The van der Waals surface area contributed by atoms with E-state index in [1.807, 2.05) is 27.7 Å². The second-order valence-electron chi connectivity index (χ2n) is 22.0. The Morgan fingerprint density at radius 3 is 1.33 bits per heavy atom. The summed E-state index contributed by atoms with van der Waals surface area (Å²) in [6, 6.07) is -9.50. The summed E-state index contributed by atoms with van der Waals surface area (Å²) < 4.78 is 6.02. The van der Waals surface area contributed by atoms with Crippen LogP contribution in [-0.2, 0) is 52.7 Å². The number of carbonyl (C=O) groups is 10. The predicted octanol–water partition coefficient (Wildman–Crippen LogP) is 4.05. The van der Waals surface area contributed by atoms with Crippen LogP contribution in [0, 0.1) is 35.5 Å². The van der Waals surface area contributed by atoms with Crippen molar-refractivity contribution in [1.29, 1.82) is 0 Å². The van der Waals surface area contributed by atoms with Gasteiger partial charge in [0.15, 0.2) is 0 Å². The van der Waals surface area contributed by atoms with Crippen LogP contribution in [0.25, 0.3) is 0 Å². The van der Waals surface area contributed by atoms with E-state index in [0.717, 1.165) is 38.5 Å². The summed E-state index contributed by atoms with van der Waals surface area (Å²) in [6.45, 7) is 21.8. The molecule has 1 fully saturated rings. The number of rotatable bonds is 23. The maximum absolute atomic E-state index is 14.1. The molecule has 20 nitrogen and oxygen atoms in total. The fourth-order valence-corrected chi connectivity index (χ4v) is 8.38. The van der Waals surface area contributed by atoms with Crippen molar-refractivity contribution in [2.75, 3.05) is 0 Å². The van der Waals surface area contributed by atoms with Crippen LogP contribution in [0.4, 0.5) is 0 Å². The third-order valence-corrected chi connectivity index (χ3v) is 12.3. The lowest BCUT2D eigenvalue weighted by atomic mass is 9.98. The van der Waals surface area contributed by atoms with Gasteiger partial charge in [-0.1, -0.05) is 128 Å². The van der Waals surface area contributed by atoms with E-state index in [9.17, 15) is 53.1 Å². The summed E-state index contributed by atoms with van der Waals surface area (Å²) in [7, 11) is 0. The molecule has 0 spiro atoms. The van der Waals surface area contributed by atoms with Crippen molar-refractivity contribution in [2.45, 2.75) is 234 Å². The van der Waals surface area contributed by atoms with E-state index in [0.29, 0.717) is 12.3 Å². The highest BCUT2D eigenvalue weighted by Crippen LogP contribution is 2.19. The number of ether oxygens (including phenoxy) is 1. The van der Waals surface area contributed by atoms with Crippen molar-refractivity contribution in [1.82, 2.24) is 37.2 Å². The SMILES string of the molecule is CC(C)CCCCCCCCCC1CC(=O)NC(CCC(N)=O)C(=O)NC(CC(C)C)C(=O)NC(CC(C)C)C(=O)NC(C(C)C)C(=O)NC(CC(=O)O)C(=O)NC(CC(C)C)C(=O)NC(C(C)C)C(=O)O1. The van der Waals surface area contributed by atoms with Gasteiger partial charge in [0.1, 0.15) is 48.4 Å². The lowest BCUT2D eigenvalue weighted by molar-refractivity contribution is -0.156. The zero-order valence-electron chi connectivity index (χ0n) is 45.4. The number of hydrogen-bond donors (Lipinski definition) is 9. The van der Waals surface area contributed by atoms with E-state index in [1.165, 1.54) is 6.42 Å². The number of cyclic esters (lactones) is 1. The maximum Gasteiger partial charge on any atom is 0.329 e. The molecule has 0 aromatic heterocycles. The second kappa shape index (κ2) is 33.4. The van der Waals surface area contributed by atoms with Crippen LogP contribution in [0.3, 0.4) is 0 Å². The number of carboxylic acids is 1. The van der Waals surface area contributed by atoms with Crippen molar-refractivity contribution in [3.63, 3.8) is 0 Å². The molecule has 10 N–H and O–H groups in total. The van der Waals surface area contributed by atoms with Crippen LogP contribution in [0.15, 0.2) is 0 Å². The third kappa shape index (κ3) is 26.4. The van der Waals surface area contributed by atoms with Gasteiger partial charge in [0.2, 0.25) is 47.3 Å². The first-order valence-corrected chi connectivity index (χ1v) is 26.4. The zero-order valence-corrected chi connectivity index (χ0v) is 45.4. The van der Waals surface area contributed by atoms with Crippen LogP contribution < -0.4 is 43.0 Å². The molecular formula is C52H92N8O12. The largest absolute Gasteiger partial charge is 0.481 e. The van der Waals surface area contributed by atoms with Gasteiger partial charge in [-0.25, -0.2) is 4.79 Å². The Hall–Kier alpha value is -5.30. The van der Waals surface area contributed by atoms with E-state index in [4.69, 9.17) is 10.5 Å². The van der Waals surface area contributed by atoms with Gasteiger partial charge in [0.25, 0.3) is 0 Å². The quantitative estimate of drug-likeness (QED) is 0.0517. The number of carbonyl (C=O) groups excluding carboxylic acids is 9. The van der Waals surface area contributed by atoms with Crippen molar-refractivity contribution in [3.8, 4) is 0 Å². The van der Waals surface area contributed by atoms with Crippen LogP contribution >= 0.6 is 0 Å². The Morgan fingerprint density at radius 2 is 0.903 bits per heavy atom. The second-order valence-corrected chi connectivity index (χ2v) is 22.0. The molecule has 1 rings (SSSR count). The smallest absolute Gasteiger partial charge is 0.329 e. The molecule has 412 valence electrons. The number of esters is 1. The Balaban J connectivity index is 3.92. The minimum absolute atomic E-state index is 0.0435. The Morgan fingerprint density at radius 1 is 0.500 bits per heavy atom.